The van der Waals surface area contributed by atoms with Crippen LogP contribution in [0.25, 0.3) is 0 Å². The fourth-order valence-electron chi connectivity index (χ4n) is 1.64. The summed E-state index contributed by atoms with van der Waals surface area (Å²) in [7, 11) is -3.65. The first-order valence-electron chi connectivity index (χ1n) is 5.87. The summed E-state index contributed by atoms with van der Waals surface area (Å²) >= 11 is 0. The Kier molecular flexibility index (Phi) is 4.00. The number of ketones is 1. The van der Waals surface area contributed by atoms with Gasteiger partial charge in [0.15, 0.2) is 5.78 Å². The summed E-state index contributed by atoms with van der Waals surface area (Å²) in [6, 6.07) is 14.3. The predicted molar refractivity (Wildman–Crippen MR) is 78.2 cm³/mol. The molecule has 0 bridgehead atoms. The molecule has 2 rings (SSSR count). The molecule has 0 aliphatic heterocycles. The number of allylic oxidation sites excluding steroid dienone is 1. The highest BCUT2D eigenvalue weighted by Crippen LogP contribution is 2.16. The Bertz CT molecular complexity index is 719. The van der Waals surface area contributed by atoms with Crippen LogP contribution in [0.1, 0.15) is 10.4 Å². The third-order valence-corrected chi connectivity index (χ3v) is 4.06. The van der Waals surface area contributed by atoms with Gasteiger partial charge in [0.25, 0.3) is 10.0 Å². The summed E-state index contributed by atoms with van der Waals surface area (Å²) in [6.07, 6.45) is 1.19. The van der Waals surface area contributed by atoms with Gasteiger partial charge in [-0.1, -0.05) is 24.8 Å². The maximum absolute atomic E-state index is 12.1. The van der Waals surface area contributed by atoms with Crippen molar-refractivity contribution in [1.29, 1.82) is 0 Å². The van der Waals surface area contributed by atoms with Crippen LogP contribution in [0.4, 0.5) is 5.69 Å². The molecule has 0 spiro atoms. The van der Waals surface area contributed by atoms with Crippen molar-refractivity contribution < 1.29 is 13.2 Å². The van der Waals surface area contributed by atoms with E-state index in [-0.39, 0.29) is 10.7 Å². The van der Waals surface area contributed by atoms with Crippen molar-refractivity contribution in [2.24, 2.45) is 0 Å². The van der Waals surface area contributed by atoms with Crippen LogP contribution < -0.4 is 4.72 Å². The van der Waals surface area contributed by atoms with E-state index in [0.717, 1.165) is 0 Å². The summed E-state index contributed by atoms with van der Waals surface area (Å²) in [5.74, 6) is -0.245. The number of carbonyl (C=O) groups excluding carboxylic acids is 1. The van der Waals surface area contributed by atoms with Crippen molar-refractivity contribution >= 4 is 21.5 Å². The minimum Gasteiger partial charge on any atom is -0.289 e. The van der Waals surface area contributed by atoms with E-state index in [2.05, 4.69) is 11.3 Å². The maximum Gasteiger partial charge on any atom is 0.261 e. The predicted octanol–water partition coefficient (Wildman–Crippen LogP) is 2.86. The Morgan fingerprint density at radius 3 is 2.15 bits per heavy atom. The molecule has 0 fully saturated rings. The highest BCUT2D eigenvalue weighted by Gasteiger charge is 2.14. The highest BCUT2D eigenvalue weighted by atomic mass is 32.2. The van der Waals surface area contributed by atoms with Crippen molar-refractivity contribution in [2.75, 3.05) is 4.72 Å². The molecule has 1 N–H and O–H groups in total. The van der Waals surface area contributed by atoms with Crippen molar-refractivity contribution in [2.45, 2.75) is 4.90 Å². The second kappa shape index (κ2) is 5.71. The van der Waals surface area contributed by atoms with Gasteiger partial charge in [0, 0.05) is 11.3 Å². The molecule has 102 valence electrons. The number of nitrogens with one attached hydrogen (secondary N) is 1. The first-order chi connectivity index (χ1) is 9.53. The summed E-state index contributed by atoms with van der Waals surface area (Å²) in [5, 5.41) is 0. The molecule has 0 amide bonds. The molecule has 20 heavy (non-hydrogen) atoms. The molecule has 2 aromatic rings. The van der Waals surface area contributed by atoms with Crippen LogP contribution in [0.2, 0.25) is 0 Å². The summed E-state index contributed by atoms with van der Waals surface area (Å²) in [6.45, 7) is 3.38. The van der Waals surface area contributed by atoms with Gasteiger partial charge in [-0.15, -0.1) is 0 Å². The summed E-state index contributed by atoms with van der Waals surface area (Å²) < 4.78 is 26.7. The first kappa shape index (κ1) is 14.0. The van der Waals surface area contributed by atoms with Crippen molar-refractivity contribution in [1.82, 2.24) is 0 Å². The summed E-state index contributed by atoms with van der Waals surface area (Å²) in [4.78, 5) is 11.5. The molecule has 0 aliphatic rings. The molecule has 0 saturated heterocycles. The fourth-order valence-corrected chi connectivity index (χ4v) is 2.70. The number of anilines is 1. The number of sulfonamides is 1. The number of hydrogen-bond acceptors (Lipinski definition) is 3. The monoisotopic (exact) mass is 287 g/mol. The topological polar surface area (TPSA) is 63.2 Å². The Balaban J connectivity index is 2.26. The van der Waals surface area contributed by atoms with Gasteiger partial charge in [0.2, 0.25) is 0 Å². The minimum atomic E-state index is -3.65. The lowest BCUT2D eigenvalue weighted by atomic mass is 10.1. The average Bonchev–Trinajstić information content (AvgIpc) is 2.47. The van der Waals surface area contributed by atoms with Crippen LogP contribution >= 0.6 is 0 Å². The molecule has 0 unspecified atom stereocenters. The second-order valence-corrected chi connectivity index (χ2v) is 5.75. The van der Waals surface area contributed by atoms with E-state index in [9.17, 15) is 13.2 Å². The zero-order chi connectivity index (χ0) is 14.6. The zero-order valence-corrected chi connectivity index (χ0v) is 11.4. The molecular weight excluding hydrogens is 274 g/mol. The maximum atomic E-state index is 12.1. The van der Waals surface area contributed by atoms with Gasteiger partial charge in [0.05, 0.1) is 4.90 Å². The highest BCUT2D eigenvalue weighted by molar-refractivity contribution is 7.92. The van der Waals surface area contributed by atoms with E-state index in [4.69, 9.17) is 0 Å². The number of para-hydroxylation sites is 1. The summed E-state index contributed by atoms with van der Waals surface area (Å²) in [5.41, 5.74) is 0.886. The number of benzene rings is 2. The largest absolute Gasteiger partial charge is 0.289 e. The smallest absolute Gasteiger partial charge is 0.261 e. The molecule has 5 heteroatoms. The molecular formula is C15H13NO3S. The fraction of sp³-hybridized carbons (Fsp3) is 0. The van der Waals surface area contributed by atoms with Crippen molar-refractivity contribution in [3.63, 3.8) is 0 Å². The van der Waals surface area contributed by atoms with Gasteiger partial charge in [0.1, 0.15) is 0 Å². The lowest BCUT2D eigenvalue weighted by Gasteiger charge is -2.08. The van der Waals surface area contributed by atoms with Gasteiger partial charge in [-0.25, -0.2) is 8.42 Å². The van der Waals surface area contributed by atoms with Gasteiger partial charge in [-0.05, 0) is 42.5 Å². The van der Waals surface area contributed by atoms with Gasteiger partial charge >= 0.3 is 0 Å². The third-order valence-electron chi connectivity index (χ3n) is 2.66. The number of carbonyl (C=O) groups is 1. The van der Waals surface area contributed by atoms with Crippen molar-refractivity contribution in [3.8, 4) is 0 Å². The van der Waals surface area contributed by atoms with E-state index in [0.29, 0.717) is 11.3 Å². The number of hydrogen-bond donors (Lipinski definition) is 1. The van der Waals surface area contributed by atoms with Crippen molar-refractivity contribution in [3.05, 3.63) is 72.8 Å². The first-order valence-corrected chi connectivity index (χ1v) is 7.36. The van der Waals surface area contributed by atoms with E-state index >= 15 is 0 Å². The standard InChI is InChI=1S/C15H13NO3S/c1-2-15(17)12-8-10-14(11-9-12)20(18,19)16-13-6-4-3-5-7-13/h2-11,16H,1H2. The van der Waals surface area contributed by atoms with E-state index < -0.39 is 10.0 Å². The SMILES string of the molecule is C=CC(=O)c1ccc(S(=O)(=O)Nc2ccccc2)cc1. The average molecular weight is 287 g/mol. The molecule has 0 saturated carbocycles. The molecule has 4 nitrogen and oxygen atoms in total. The molecule has 0 aliphatic carbocycles. The van der Waals surface area contributed by atoms with Crippen LogP contribution in [0, 0.1) is 0 Å². The van der Waals surface area contributed by atoms with Gasteiger partial charge < -0.3 is 0 Å². The normalized spacial score (nSPS) is 10.8. The number of rotatable bonds is 5. The molecule has 2 aromatic carbocycles. The van der Waals surface area contributed by atoms with E-state index in [1.807, 2.05) is 0 Å². The minimum absolute atomic E-state index is 0.0990. The van der Waals surface area contributed by atoms with Crippen LogP contribution in [0.5, 0.6) is 0 Å². The van der Waals surface area contributed by atoms with Crippen LogP contribution in [0.15, 0.2) is 72.1 Å². The lowest BCUT2D eigenvalue weighted by molar-refractivity contribution is 0.104. The third kappa shape index (κ3) is 3.13. The molecule has 0 atom stereocenters. The van der Waals surface area contributed by atoms with Gasteiger partial charge in [-0.2, -0.15) is 0 Å². The van der Waals surface area contributed by atoms with Gasteiger partial charge in [-0.3, -0.25) is 9.52 Å². The second-order valence-electron chi connectivity index (χ2n) is 4.06. The van der Waals surface area contributed by atoms with Crippen LogP contribution in [0.3, 0.4) is 0 Å². The Morgan fingerprint density at radius 2 is 1.60 bits per heavy atom. The molecule has 0 aromatic heterocycles. The Labute approximate surface area is 117 Å². The van der Waals surface area contributed by atoms with Crippen LogP contribution in [-0.2, 0) is 10.0 Å². The van der Waals surface area contributed by atoms with E-state index in [1.54, 1.807) is 30.3 Å². The Morgan fingerprint density at radius 1 is 1.00 bits per heavy atom. The molecule has 0 heterocycles. The van der Waals surface area contributed by atoms with E-state index in [1.165, 1.54) is 30.3 Å². The Hall–Kier alpha value is -2.40. The zero-order valence-electron chi connectivity index (χ0n) is 10.6. The lowest BCUT2D eigenvalue weighted by Crippen LogP contribution is -2.13. The van der Waals surface area contributed by atoms with Crippen LogP contribution in [-0.4, -0.2) is 14.2 Å². The molecule has 0 radical (unpaired) electrons. The quantitative estimate of drug-likeness (QED) is 0.679.